The van der Waals surface area contributed by atoms with Crippen molar-refractivity contribution in [2.45, 2.75) is 45.7 Å². The molecule has 0 spiro atoms. The predicted molar refractivity (Wildman–Crippen MR) is 75.7 cm³/mol. The molecule has 1 unspecified atom stereocenters. The first-order valence-corrected chi connectivity index (χ1v) is 7.02. The van der Waals surface area contributed by atoms with Gasteiger partial charge in [0.05, 0.1) is 17.8 Å². The second kappa shape index (κ2) is 5.70. The highest BCUT2D eigenvalue weighted by Gasteiger charge is 2.38. The van der Waals surface area contributed by atoms with E-state index in [1.807, 2.05) is 43.9 Å². The van der Waals surface area contributed by atoms with E-state index in [4.69, 9.17) is 0 Å². The molecule has 1 aromatic rings. The maximum atomic E-state index is 12.6. The minimum absolute atomic E-state index is 0.191. The fraction of sp³-hybridized carbons (Fsp3) is 0.600. The average molecular weight is 261 g/mol. The molecule has 1 fully saturated rings. The van der Waals surface area contributed by atoms with Gasteiger partial charge in [0.15, 0.2) is 0 Å². The van der Waals surface area contributed by atoms with E-state index < -0.39 is 0 Å². The maximum Gasteiger partial charge on any atom is 0.242 e. The highest BCUT2D eigenvalue weighted by Crippen LogP contribution is 2.22. The Morgan fingerprint density at radius 3 is 2.89 bits per heavy atom. The van der Waals surface area contributed by atoms with Gasteiger partial charge >= 0.3 is 0 Å². The summed E-state index contributed by atoms with van der Waals surface area (Å²) >= 11 is 0. The van der Waals surface area contributed by atoms with Crippen molar-refractivity contribution < 1.29 is 4.79 Å². The molecule has 1 aliphatic heterocycles. The zero-order valence-electron chi connectivity index (χ0n) is 12.1. The summed E-state index contributed by atoms with van der Waals surface area (Å²) in [5, 5.41) is 3.33. The van der Waals surface area contributed by atoms with Crippen molar-refractivity contribution in [1.29, 1.82) is 0 Å². The van der Waals surface area contributed by atoms with Crippen LogP contribution in [0, 0.1) is 6.92 Å². The topological polar surface area (TPSA) is 45.2 Å². The fourth-order valence-corrected chi connectivity index (χ4v) is 2.64. The lowest BCUT2D eigenvalue weighted by atomic mass is 9.98. The molecule has 1 N–H and O–H groups in total. The van der Waals surface area contributed by atoms with Crippen LogP contribution in [0.1, 0.15) is 38.1 Å². The van der Waals surface area contributed by atoms with Gasteiger partial charge in [-0.3, -0.25) is 9.78 Å². The summed E-state index contributed by atoms with van der Waals surface area (Å²) in [5.41, 5.74) is 1.56. The standard InChI is InChI=1S/C15H23N3O/c1-4-18(11-13-8-5-7-12(2)17-13)14(19)15(3)9-6-10-16-15/h5,7-8,16H,4,6,9-11H2,1-3H3. The Labute approximate surface area is 115 Å². The number of carbonyl (C=O) groups is 1. The molecule has 1 atom stereocenters. The molecule has 104 valence electrons. The Hall–Kier alpha value is -1.42. The zero-order valence-corrected chi connectivity index (χ0v) is 12.1. The van der Waals surface area contributed by atoms with Gasteiger partial charge in [-0.15, -0.1) is 0 Å². The quantitative estimate of drug-likeness (QED) is 0.900. The second-order valence-corrected chi connectivity index (χ2v) is 5.45. The maximum absolute atomic E-state index is 12.6. The number of aryl methyl sites for hydroxylation is 1. The molecule has 4 nitrogen and oxygen atoms in total. The molecule has 0 bridgehead atoms. The number of nitrogens with zero attached hydrogens (tertiary/aromatic N) is 2. The third-order valence-electron chi connectivity index (χ3n) is 3.81. The van der Waals surface area contributed by atoms with Crippen molar-refractivity contribution in [2.24, 2.45) is 0 Å². The number of aromatic nitrogens is 1. The third-order valence-corrected chi connectivity index (χ3v) is 3.81. The van der Waals surface area contributed by atoms with Crippen molar-refractivity contribution >= 4 is 5.91 Å². The molecule has 19 heavy (non-hydrogen) atoms. The normalized spacial score (nSPS) is 22.5. The molecule has 1 amide bonds. The first-order chi connectivity index (χ1) is 9.05. The summed E-state index contributed by atoms with van der Waals surface area (Å²) in [6, 6.07) is 5.94. The van der Waals surface area contributed by atoms with Crippen molar-refractivity contribution in [1.82, 2.24) is 15.2 Å². The van der Waals surface area contributed by atoms with Crippen molar-refractivity contribution in [3.05, 3.63) is 29.6 Å². The van der Waals surface area contributed by atoms with Gasteiger partial charge in [-0.2, -0.15) is 0 Å². The Kier molecular flexibility index (Phi) is 4.20. The highest BCUT2D eigenvalue weighted by molar-refractivity contribution is 5.86. The molecule has 2 rings (SSSR count). The van der Waals surface area contributed by atoms with Crippen LogP contribution in [0.4, 0.5) is 0 Å². The van der Waals surface area contributed by atoms with Crippen LogP contribution in [0.2, 0.25) is 0 Å². The van der Waals surface area contributed by atoms with E-state index in [1.54, 1.807) is 0 Å². The summed E-state index contributed by atoms with van der Waals surface area (Å²) in [7, 11) is 0. The van der Waals surface area contributed by atoms with Crippen LogP contribution < -0.4 is 5.32 Å². The SMILES string of the molecule is CCN(Cc1cccc(C)n1)C(=O)C1(C)CCCN1. The van der Waals surface area contributed by atoms with E-state index in [-0.39, 0.29) is 11.4 Å². The van der Waals surface area contributed by atoms with Crippen LogP contribution in [0.15, 0.2) is 18.2 Å². The minimum Gasteiger partial charge on any atom is -0.335 e. The zero-order chi connectivity index (χ0) is 13.9. The van der Waals surface area contributed by atoms with Crippen LogP contribution in [0.25, 0.3) is 0 Å². The Balaban J connectivity index is 2.10. The number of rotatable bonds is 4. The number of carbonyl (C=O) groups excluding carboxylic acids is 1. The van der Waals surface area contributed by atoms with Crippen molar-refractivity contribution in [2.75, 3.05) is 13.1 Å². The van der Waals surface area contributed by atoms with E-state index in [1.165, 1.54) is 0 Å². The summed E-state index contributed by atoms with van der Waals surface area (Å²) in [6.07, 6.45) is 1.99. The van der Waals surface area contributed by atoms with Crippen LogP contribution in [0.5, 0.6) is 0 Å². The van der Waals surface area contributed by atoms with Crippen LogP contribution in [-0.4, -0.2) is 34.4 Å². The lowest BCUT2D eigenvalue weighted by Crippen LogP contribution is -2.52. The number of nitrogens with one attached hydrogen (secondary N) is 1. The van der Waals surface area contributed by atoms with Gasteiger partial charge in [0.2, 0.25) is 5.91 Å². The summed E-state index contributed by atoms with van der Waals surface area (Å²) in [4.78, 5) is 19.0. The molecule has 0 saturated carbocycles. The van der Waals surface area contributed by atoms with Crippen molar-refractivity contribution in [3.8, 4) is 0 Å². The molecule has 4 heteroatoms. The molecule has 2 heterocycles. The Morgan fingerprint density at radius 2 is 2.32 bits per heavy atom. The van der Waals surface area contributed by atoms with Gasteiger partial charge in [0, 0.05) is 12.2 Å². The monoisotopic (exact) mass is 261 g/mol. The predicted octanol–water partition coefficient (Wildman–Crippen LogP) is 1.88. The molecule has 0 aromatic carbocycles. The van der Waals surface area contributed by atoms with Gasteiger partial charge in [-0.05, 0) is 52.3 Å². The first kappa shape index (κ1) is 14.0. The molecular weight excluding hydrogens is 238 g/mol. The Morgan fingerprint density at radius 1 is 1.53 bits per heavy atom. The van der Waals surface area contributed by atoms with E-state index in [0.717, 1.165) is 30.8 Å². The minimum atomic E-state index is -0.389. The Bertz CT molecular complexity index is 452. The highest BCUT2D eigenvalue weighted by atomic mass is 16.2. The number of hydrogen-bond donors (Lipinski definition) is 1. The smallest absolute Gasteiger partial charge is 0.242 e. The fourth-order valence-electron chi connectivity index (χ4n) is 2.64. The van der Waals surface area contributed by atoms with Crippen molar-refractivity contribution in [3.63, 3.8) is 0 Å². The van der Waals surface area contributed by atoms with Gasteiger partial charge in [0.25, 0.3) is 0 Å². The van der Waals surface area contributed by atoms with E-state index in [0.29, 0.717) is 13.1 Å². The molecule has 0 aliphatic carbocycles. The molecule has 0 radical (unpaired) electrons. The lowest BCUT2D eigenvalue weighted by molar-refractivity contribution is -0.137. The van der Waals surface area contributed by atoms with Crippen LogP contribution in [0.3, 0.4) is 0 Å². The number of likely N-dealkylation sites (N-methyl/N-ethyl adjacent to an activating group) is 1. The molecule has 1 aromatic heterocycles. The summed E-state index contributed by atoms with van der Waals surface area (Å²) in [5.74, 6) is 0.191. The van der Waals surface area contributed by atoms with E-state index >= 15 is 0 Å². The van der Waals surface area contributed by atoms with Gasteiger partial charge < -0.3 is 10.2 Å². The number of hydrogen-bond acceptors (Lipinski definition) is 3. The largest absolute Gasteiger partial charge is 0.335 e. The molecule has 1 aliphatic rings. The van der Waals surface area contributed by atoms with Crippen LogP contribution >= 0.6 is 0 Å². The second-order valence-electron chi connectivity index (χ2n) is 5.45. The average Bonchev–Trinajstić information content (AvgIpc) is 2.83. The number of pyridine rings is 1. The molecule has 1 saturated heterocycles. The lowest BCUT2D eigenvalue weighted by Gasteiger charge is -2.31. The summed E-state index contributed by atoms with van der Waals surface area (Å²) in [6.45, 7) is 8.24. The first-order valence-electron chi connectivity index (χ1n) is 7.02. The molecular formula is C15H23N3O. The summed E-state index contributed by atoms with van der Waals surface area (Å²) < 4.78 is 0. The van der Waals surface area contributed by atoms with Gasteiger partial charge in [-0.25, -0.2) is 0 Å². The van der Waals surface area contributed by atoms with Gasteiger partial charge in [0.1, 0.15) is 0 Å². The van der Waals surface area contributed by atoms with Crippen LogP contribution in [-0.2, 0) is 11.3 Å². The van der Waals surface area contributed by atoms with Gasteiger partial charge in [-0.1, -0.05) is 6.07 Å². The number of amides is 1. The van der Waals surface area contributed by atoms with E-state index in [9.17, 15) is 4.79 Å². The van der Waals surface area contributed by atoms with E-state index in [2.05, 4.69) is 10.3 Å². The third kappa shape index (κ3) is 3.13.